The zero-order valence-electron chi connectivity index (χ0n) is 23.6. The van der Waals surface area contributed by atoms with Crippen molar-refractivity contribution in [3.05, 3.63) is 62.5 Å². The first kappa shape index (κ1) is 29.5. The van der Waals surface area contributed by atoms with Crippen molar-refractivity contribution in [3.63, 3.8) is 0 Å². The Kier molecular flexibility index (Phi) is 8.14. The van der Waals surface area contributed by atoms with E-state index in [1.165, 1.54) is 23.5 Å². The number of nitrogens with one attached hydrogen (secondary N) is 1. The maximum absolute atomic E-state index is 14.6. The predicted molar refractivity (Wildman–Crippen MR) is 157 cm³/mol. The Hall–Kier alpha value is -3.55. The predicted octanol–water partition coefficient (Wildman–Crippen LogP) is 3.52. The van der Waals surface area contributed by atoms with E-state index in [9.17, 15) is 23.9 Å². The monoisotopic (exact) mass is 630 g/mol. The molecule has 1 unspecified atom stereocenters. The average Bonchev–Trinajstić information content (AvgIpc) is 3.60. The van der Waals surface area contributed by atoms with Crippen molar-refractivity contribution in [2.75, 3.05) is 45.9 Å². The molecule has 2 aromatic rings. The Balaban J connectivity index is 1.29. The van der Waals surface area contributed by atoms with Gasteiger partial charge in [-0.25, -0.2) is 19.0 Å². The maximum atomic E-state index is 14.6. The number of halogens is 2. The molecule has 0 radical (unpaired) electrons. The number of urea groups is 1. The second kappa shape index (κ2) is 11.9. The number of esters is 1. The van der Waals surface area contributed by atoms with Crippen LogP contribution in [0.5, 0.6) is 0 Å². The molecule has 0 bridgehead atoms. The summed E-state index contributed by atoms with van der Waals surface area (Å²) in [6, 6.07) is 4.13. The maximum Gasteiger partial charge on any atom is 0.342 e. The summed E-state index contributed by atoms with van der Waals surface area (Å²) < 4.78 is 20.0. The molecule has 1 aromatic carbocycles. The molecule has 3 fully saturated rings. The number of aliphatic carboxylic acids is 1. The minimum atomic E-state index is -0.853. The number of fused-ring (bicyclic) bond motifs is 1. The van der Waals surface area contributed by atoms with Crippen LogP contribution < -0.4 is 5.32 Å². The van der Waals surface area contributed by atoms with E-state index in [1.54, 1.807) is 24.1 Å². The van der Waals surface area contributed by atoms with Gasteiger partial charge in [-0.05, 0) is 25.8 Å². The van der Waals surface area contributed by atoms with Crippen molar-refractivity contribution in [2.24, 2.45) is 10.4 Å². The Labute approximate surface area is 257 Å². The van der Waals surface area contributed by atoms with E-state index in [4.69, 9.17) is 21.3 Å². The van der Waals surface area contributed by atoms with Crippen LogP contribution in [0.3, 0.4) is 0 Å². The van der Waals surface area contributed by atoms with Crippen LogP contribution in [0.4, 0.5) is 9.18 Å². The summed E-state index contributed by atoms with van der Waals surface area (Å²) in [5.41, 5.74) is 0.348. The topological polar surface area (TPSA) is 128 Å². The van der Waals surface area contributed by atoms with Crippen LogP contribution in [0.2, 0.25) is 5.02 Å². The van der Waals surface area contributed by atoms with Crippen molar-refractivity contribution in [1.29, 1.82) is 0 Å². The van der Waals surface area contributed by atoms with Crippen molar-refractivity contribution >= 4 is 46.6 Å². The Morgan fingerprint density at radius 2 is 2.09 bits per heavy atom. The summed E-state index contributed by atoms with van der Waals surface area (Å²) in [5, 5.41) is 15.5. The van der Waals surface area contributed by atoms with Gasteiger partial charge in [0.25, 0.3) is 0 Å². The number of thiazole rings is 1. The van der Waals surface area contributed by atoms with Crippen molar-refractivity contribution in [2.45, 2.75) is 38.4 Å². The van der Waals surface area contributed by atoms with Gasteiger partial charge in [0, 0.05) is 62.1 Å². The van der Waals surface area contributed by atoms with Crippen LogP contribution in [-0.4, -0.2) is 100 Å². The first-order valence-corrected chi connectivity index (χ1v) is 15.6. The summed E-state index contributed by atoms with van der Waals surface area (Å²) in [5.74, 6) is -2.08. The molecule has 4 aliphatic rings. The van der Waals surface area contributed by atoms with Crippen LogP contribution in [0.15, 0.2) is 46.0 Å². The van der Waals surface area contributed by atoms with E-state index in [0.29, 0.717) is 56.3 Å². The van der Waals surface area contributed by atoms with E-state index in [0.717, 1.165) is 6.42 Å². The normalized spacial score (nSPS) is 23.4. The molecule has 228 valence electrons. The lowest BCUT2D eigenvalue weighted by atomic mass is 9.68. The molecule has 1 aliphatic carbocycles. The van der Waals surface area contributed by atoms with Gasteiger partial charge in [0.15, 0.2) is 6.17 Å². The first-order valence-electron chi connectivity index (χ1n) is 14.3. The first-order chi connectivity index (χ1) is 20.7. The standard InChI is InChI=1S/C29H32ClFN6O5S/c1-2-42-26(38)21-20(33-24(25-32-9-12-43-25)34-23(21)18-5-3-6-19(31)22(18)30)15-35-10-11-37-17(13-35)14-36(28(37)41)16-29(27(39)40)7-4-8-29/h3,5-6,9,12,17,24,33H,2,4,7-8,10-11,13-16H2,1H3,(H,39,40)/t17-,24?/m0/s1. The number of carbonyl (C=O) groups excluding carboxylic acids is 2. The molecule has 6 rings (SSSR count). The summed E-state index contributed by atoms with van der Waals surface area (Å²) in [6.45, 7) is 4.33. The lowest BCUT2D eigenvalue weighted by Crippen LogP contribution is -2.53. The number of benzene rings is 1. The summed E-state index contributed by atoms with van der Waals surface area (Å²) in [4.78, 5) is 53.4. The summed E-state index contributed by atoms with van der Waals surface area (Å²) in [6.07, 6.45) is 3.05. The van der Waals surface area contributed by atoms with Gasteiger partial charge in [0.05, 0.1) is 28.8 Å². The van der Waals surface area contributed by atoms with Gasteiger partial charge in [-0.15, -0.1) is 11.3 Å². The fraction of sp³-hybridized carbons (Fsp3) is 0.483. The molecular formula is C29H32ClFN6O5S. The molecular weight excluding hydrogens is 599 g/mol. The smallest absolute Gasteiger partial charge is 0.342 e. The van der Waals surface area contributed by atoms with Gasteiger partial charge in [-0.2, -0.15) is 0 Å². The number of carboxylic acid groups (broad SMARTS) is 1. The zero-order valence-corrected chi connectivity index (χ0v) is 25.2. The quantitative estimate of drug-likeness (QED) is 0.403. The number of amides is 2. The van der Waals surface area contributed by atoms with Crippen molar-refractivity contribution < 1.29 is 28.6 Å². The minimum Gasteiger partial charge on any atom is -0.481 e. The highest BCUT2D eigenvalue weighted by Gasteiger charge is 2.50. The molecule has 1 aromatic heterocycles. The Morgan fingerprint density at radius 1 is 1.28 bits per heavy atom. The van der Waals surface area contributed by atoms with Crippen LogP contribution in [-0.2, 0) is 14.3 Å². The molecule has 11 nitrogen and oxygen atoms in total. The molecule has 43 heavy (non-hydrogen) atoms. The third-order valence-electron chi connectivity index (χ3n) is 8.63. The van der Waals surface area contributed by atoms with Crippen LogP contribution in [0, 0.1) is 11.2 Å². The fourth-order valence-electron chi connectivity index (χ4n) is 6.28. The lowest BCUT2D eigenvalue weighted by molar-refractivity contribution is -0.155. The molecule has 3 aliphatic heterocycles. The highest BCUT2D eigenvalue weighted by Crippen LogP contribution is 2.43. The number of aromatic nitrogens is 1. The second-order valence-electron chi connectivity index (χ2n) is 11.3. The molecule has 0 spiro atoms. The molecule has 2 saturated heterocycles. The van der Waals surface area contributed by atoms with Crippen molar-refractivity contribution in [3.8, 4) is 0 Å². The number of piperazine rings is 1. The number of hydrogen-bond donors (Lipinski definition) is 2. The third kappa shape index (κ3) is 5.49. The number of ether oxygens (including phenoxy) is 1. The van der Waals surface area contributed by atoms with Crippen LogP contribution in [0.1, 0.15) is 42.9 Å². The Bertz CT molecular complexity index is 1500. The number of carboxylic acids is 1. The van der Waals surface area contributed by atoms with E-state index < -0.39 is 29.3 Å². The largest absolute Gasteiger partial charge is 0.481 e. The Morgan fingerprint density at radius 3 is 2.77 bits per heavy atom. The third-order valence-corrected chi connectivity index (χ3v) is 9.85. The minimum absolute atomic E-state index is 0.122. The molecule has 4 heterocycles. The van der Waals surface area contributed by atoms with E-state index >= 15 is 0 Å². The van der Waals surface area contributed by atoms with Gasteiger partial charge < -0.3 is 25.0 Å². The number of nitrogens with zero attached hydrogens (tertiary/aromatic N) is 5. The van der Waals surface area contributed by atoms with Crippen LogP contribution >= 0.6 is 22.9 Å². The zero-order chi connectivity index (χ0) is 30.3. The highest BCUT2D eigenvalue weighted by atomic mass is 35.5. The molecule has 1 saturated carbocycles. The number of rotatable bonds is 9. The number of hydrogen-bond acceptors (Lipinski definition) is 9. The highest BCUT2D eigenvalue weighted by molar-refractivity contribution is 7.09. The number of aliphatic imine (C=N–C) groups is 1. The lowest BCUT2D eigenvalue weighted by Gasteiger charge is -2.40. The van der Waals surface area contributed by atoms with Gasteiger partial charge >= 0.3 is 18.0 Å². The van der Waals surface area contributed by atoms with E-state index in [2.05, 4.69) is 15.2 Å². The summed E-state index contributed by atoms with van der Waals surface area (Å²) >= 11 is 7.80. The van der Waals surface area contributed by atoms with Gasteiger partial charge in [-0.3, -0.25) is 14.7 Å². The summed E-state index contributed by atoms with van der Waals surface area (Å²) in [7, 11) is 0. The molecule has 2 amide bonds. The van der Waals surface area contributed by atoms with Crippen molar-refractivity contribution in [1.82, 2.24) is 25.0 Å². The molecule has 2 N–H and O–H groups in total. The van der Waals surface area contributed by atoms with Gasteiger partial charge in [0.1, 0.15) is 16.4 Å². The molecule has 14 heteroatoms. The average molecular weight is 631 g/mol. The fourth-order valence-corrected chi connectivity index (χ4v) is 7.12. The number of carbonyl (C=O) groups is 3. The van der Waals surface area contributed by atoms with E-state index in [1.807, 2.05) is 10.3 Å². The molecule has 2 atom stereocenters. The van der Waals surface area contributed by atoms with Gasteiger partial charge in [-0.1, -0.05) is 30.2 Å². The second-order valence-corrected chi connectivity index (χ2v) is 12.6. The van der Waals surface area contributed by atoms with Gasteiger partial charge in [0.2, 0.25) is 0 Å². The van der Waals surface area contributed by atoms with Crippen LogP contribution in [0.25, 0.3) is 0 Å². The van der Waals surface area contributed by atoms with E-state index in [-0.39, 0.29) is 47.1 Å². The SMILES string of the molecule is CCOC(=O)C1=C(CN2CCN3C(=O)N(CC4(C(=O)O)CCC4)C[C@@H]3C2)NC(c2nccs2)N=C1c1cccc(F)c1Cl.